The van der Waals surface area contributed by atoms with Crippen LogP contribution in [-0.2, 0) is 21.9 Å². The fourth-order valence-electron chi connectivity index (χ4n) is 4.84. The zero-order valence-electron chi connectivity index (χ0n) is 16.7. The summed E-state index contributed by atoms with van der Waals surface area (Å²) in [6, 6.07) is 0.637. The van der Waals surface area contributed by atoms with Crippen molar-refractivity contribution in [3.63, 3.8) is 0 Å². The lowest BCUT2D eigenvalue weighted by Gasteiger charge is -2.39. The van der Waals surface area contributed by atoms with Gasteiger partial charge in [-0.25, -0.2) is 8.42 Å². The van der Waals surface area contributed by atoms with E-state index >= 15 is 0 Å². The predicted molar refractivity (Wildman–Crippen MR) is 105 cm³/mol. The minimum absolute atomic E-state index is 0.0521. The fraction of sp³-hybridized carbons (Fsp3) is 0.789. The molecule has 4 heterocycles. The van der Waals surface area contributed by atoms with Crippen LogP contribution in [0.15, 0.2) is 17.3 Å². The molecule has 0 aromatic carbocycles. The van der Waals surface area contributed by atoms with Gasteiger partial charge < -0.3 is 9.80 Å². The summed E-state index contributed by atoms with van der Waals surface area (Å²) in [4.78, 5) is 17.8. The van der Waals surface area contributed by atoms with E-state index in [2.05, 4.69) is 10.00 Å². The molecular formula is C19H31N5O3S. The number of aromatic nitrogens is 2. The van der Waals surface area contributed by atoms with Gasteiger partial charge in [0.25, 0.3) is 0 Å². The molecule has 3 aliphatic rings. The van der Waals surface area contributed by atoms with Crippen LogP contribution in [0.3, 0.4) is 0 Å². The maximum Gasteiger partial charge on any atom is 0.246 e. The first kappa shape index (κ1) is 19.8. The van der Waals surface area contributed by atoms with Crippen LogP contribution >= 0.6 is 0 Å². The number of likely N-dealkylation sites (tertiary alicyclic amines) is 2. The monoisotopic (exact) mass is 409 g/mol. The molecule has 28 heavy (non-hydrogen) atoms. The smallest absolute Gasteiger partial charge is 0.246 e. The molecule has 0 spiro atoms. The van der Waals surface area contributed by atoms with Crippen molar-refractivity contribution in [3.8, 4) is 0 Å². The van der Waals surface area contributed by atoms with Gasteiger partial charge in [0.15, 0.2) is 0 Å². The number of hydrogen-bond acceptors (Lipinski definition) is 5. The second kappa shape index (κ2) is 8.12. The summed E-state index contributed by atoms with van der Waals surface area (Å²) in [6.07, 6.45) is 8.86. The highest BCUT2D eigenvalue weighted by Gasteiger charge is 2.36. The number of piperidine rings is 2. The maximum atomic E-state index is 12.9. The molecule has 156 valence electrons. The topological polar surface area (TPSA) is 78.8 Å². The van der Waals surface area contributed by atoms with E-state index < -0.39 is 10.0 Å². The van der Waals surface area contributed by atoms with Crippen LogP contribution in [0, 0.1) is 5.92 Å². The van der Waals surface area contributed by atoms with Gasteiger partial charge >= 0.3 is 0 Å². The lowest BCUT2D eigenvalue weighted by molar-refractivity contribution is -0.138. The van der Waals surface area contributed by atoms with Crippen molar-refractivity contribution in [2.24, 2.45) is 13.0 Å². The van der Waals surface area contributed by atoms with Crippen LogP contribution in [0.25, 0.3) is 0 Å². The molecule has 0 saturated carbocycles. The lowest BCUT2D eigenvalue weighted by atomic mass is 9.94. The Balaban J connectivity index is 1.28. The van der Waals surface area contributed by atoms with Crippen molar-refractivity contribution in [1.29, 1.82) is 0 Å². The average molecular weight is 410 g/mol. The maximum absolute atomic E-state index is 12.9. The van der Waals surface area contributed by atoms with Crippen LogP contribution in [-0.4, -0.2) is 83.5 Å². The second-order valence-corrected chi connectivity index (χ2v) is 10.3. The molecule has 0 unspecified atom stereocenters. The lowest BCUT2D eigenvalue weighted by Crippen LogP contribution is -2.49. The molecular weight excluding hydrogens is 378 g/mol. The van der Waals surface area contributed by atoms with Crippen LogP contribution in [0.4, 0.5) is 0 Å². The molecule has 1 aromatic rings. The average Bonchev–Trinajstić information content (AvgIpc) is 3.40. The van der Waals surface area contributed by atoms with Gasteiger partial charge in [-0.1, -0.05) is 0 Å². The van der Waals surface area contributed by atoms with E-state index in [0.717, 1.165) is 25.9 Å². The zero-order chi connectivity index (χ0) is 19.7. The molecule has 4 rings (SSSR count). The Hall–Kier alpha value is -1.45. The Morgan fingerprint density at radius 3 is 2.21 bits per heavy atom. The molecule has 3 aliphatic heterocycles. The summed E-state index contributed by atoms with van der Waals surface area (Å²) in [5.74, 6) is 0.169. The summed E-state index contributed by atoms with van der Waals surface area (Å²) in [7, 11) is -1.81. The van der Waals surface area contributed by atoms with Crippen molar-refractivity contribution < 1.29 is 13.2 Å². The number of rotatable bonds is 4. The van der Waals surface area contributed by atoms with E-state index in [0.29, 0.717) is 32.0 Å². The molecule has 3 saturated heterocycles. The molecule has 0 aliphatic carbocycles. The van der Waals surface area contributed by atoms with Gasteiger partial charge in [-0.2, -0.15) is 9.40 Å². The number of hydrogen-bond donors (Lipinski definition) is 0. The van der Waals surface area contributed by atoms with Crippen LogP contribution in [0.5, 0.6) is 0 Å². The van der Waals surface area contributed by atoms with E-state index in [1.54, 1.807) is 7.05 Å². The van der Waals surface area contributed by atoms with Crippen molar-refractivity contribution in [2.45, 2.75) is 49.5 Å². The summed E-state index contributed by atoms with van der Waals surface area (Å²) in [5.41, 5.74) is 0. The highest BCUT2D eigenvalue weighted by Crippen LogP contribution is 2.27. The molecule has 0 atom stereocenters. The molecule has 1 aromatic heterocycles. The quantitative estimate of drug-likeness (QED) is 0.739. The van der Waals surface area contributed by atoms with Crippen molar-refractivity contribution >= 4 is 15.9 Å². The first-order valence-electron chi connectivity index (χ1n) is 10.5. The number of amides is 1. The normalized spacial score (nSPS) is 24.1. The minimum Gasteiger partial charge on any atom is -0.342 e. The largest absolute Gasteiger partial charge is 0.342 e. The van der Waals surface area contributed by atoms with E-state index in [1.807, 2.05) is 4.90 Å². The molecule has 9 heteroatoms. The van der Waals surface area contributed by atoms with E-state index in [4.69, 9.17) is 0 Å². The number of carbonyl (C=O) groups excluding carboxylic acids is 1. The van der Waals surface area contributed by atoms with Gasteiger partial charge in [0.2, 0.25) is 15.9 Å². The van der Waals surface area contributed by atoms with Crippen LogP contribution < -0.4 is 0 Å². The number of sulfonamides is 1. The number of nitrogens with zero attached hydrogens (tertiary/aromatic N) is 5. The molecule has 8 nitrogen and oxygen atoms in total. The Bertz CT molecular complexity index is 786. The van der Waals surface area contributed by atoms with Crippen LogP contribution in [0.1, 0.15) is 38.5 Å². The highest BCUT2D eigenvalue weighted by atomic mass is 32.2. The Labute approximate surface area is 167 Å². The Morgan fingerprint density at radius 1 is 1.00 bits per heavy atom. The summed E-state index contributed by atoms with van der Waals surface area (Å²) >= 11 is 0. The highest BCUT2D eigenvalue weighted by molar-refractivity contribution is 7.89. The Kier molecular flexibility index (Phi) is 5.76. The van der Waals surface area contributed by atoms with Crippen molar-refractivity contribution in [1.82, 2.24) is 23.9 Å². The fourth-order valence-corrected chi connectivity index (χ4v) is 6.30. The number of carbonyl (C=O) groups is 1. The number of aryl methyl sites for hydroxylation is 1. The van der Waals surface area contributed by atoms with E-state index in [-0.39, 0.29) is 16.7 Å². The van der Waals surface area contributed by atoms with Crippen molar-refractivity contribution in [2.75, 3.05) is 39.3 Å². The summed E-state index contributed by atoms with van der Waals surface area (Å²) < 4.78 is 28.4. The third-order valence-corrected chi connectivity index (χ3v) is 8.41. The second-order valence-electron chi connectivity index (χ2n) is 8.33. The van der Waals surface area contributed by atoms with Gasteiger partial charge in [-0.05, 0) is 51.6 Å². The first-order valence-corrected chi connectivity index (χ1v) is 11.9. The van der Waals surface area contributed by atoms with Gasteiger partial charge in [-0.15, -0.1) is 0 Å². The van der Waals surface area contributed by atoms with E-state index in [9.17, 15) is 13.2 Å². The van der Waals surface area contributed by atoms with Gasteiger partial charge in [-0.3, -0.25) is 9.48 Å². The SMILES string of the molecule is Cn1cc(S(=O)(=O)N2CCC(C(=O)N3CCC(N4CCCC4)CC3)CC2)cn1. The van der Waals surface area contributed by atoms with Gasteiger partial charge in [0.05, 0.1) is 6.20 Å². The minimum atomic E-state index is -3.51. The zero-order valence-corrected chi connectivity index (χ0v) is 17.5. The van der Waals surface area contributed by atoms with E-state index in [1.165, 1.54) is 47.3 Å². The predicted octanol–water partition coefficient (Wildman–Crippen LogP) is 0.908. The standard InChI is InChI=1S/C19H31N5O3S/c1-21-15-18(14-20-21)28(26,27)24-12-4-16(5-13-24)19(25)23-10-6-17(7-11-23)22-8-2-3-9-22/h14-17H,2-13H2,1H3. The molecule has 3 fully saturated rings. The third kappa shape index (κ3) is 3.97. The molecule has 0 bridgehead atoms. The molecule has 0 radical (unpaired) electrons. The van der Waals surface area contributed by atoms with Crippen LogP contribution in [0.2, 0.25) is 0 Å². The van der Waals surface area contributed by atoms with Crippen molar-refractivity contribution in [3.05, 3.63) is 12.4 Å². The first-order chi connectivity index (χ1) is 13.4. The Morgan fingerprint density at radius 2 is 1.64 bits per heavy atom. The molecule has 1 amide bonds. The summed E-state index contributed by atoms with van der Waals surface area (Å²) in [6.45, 7) is 4.91. The van der Waals surface area contributed by atoms with Gasteiger partial charge in [0, 0.05) is 51.4 Å². The third-order valence-electron chi connectivity index (χ3n) is 6.56. The molecule has 0 N–H and O–H groups in total. The summed E-state index contributed by atoms with van der Waals surface area (Å²) in [5, 5.41) is 3.96. The van der Waals surface area contributed by atoms with Gasteiger partial charge in [0.1, 0.15) is 4.90 Å².